The maximum atomic E-state index is 11.2. The second-order valence-corrected chi connectivity index (χ2v) is 3.65. The van der Waals surface area contributed by atoms with Crippen molar-refractivity contribution in [1.82, 2.24) is 0 Å². The fraction of sp³-hybridized carbons (Fsp3) is 0.636. The standard InChI is InChI=1S/C11H16O2/c1-8(12)11(9(2)13)10-6-4-3-5-7-10/h3-7H2,1-2H3. The van der Waals surface area contributed by atoms with Gasteiger partial charge in [-0.25, -0.2) is 0 Å². The van der Waals surface area contributed by atoms with Crippen molar-refractivity contribution >= 4 is 11.6 Å². The molecule has 72 valence electrons. The van der Waals surface area contributed by atoms with Crippen LogP contribution in [0.5, 0.6) is 0 Å². The maximum Gasteiger partial charge on any atom is 0.163 e. The van der Waals surface area contributed by atoms with Gasteiger partial charge in [-0.3, -0.25) is 9.59 Å². The van der Waals surface area contributed by atoms with E-state index < -0.39 is 0 Å². The van der Waals surface area contributed by atoms with E-state index in [-0.39, 0.29) is 11.6 Å². The van der Waals surface area contributed by atoms with Crippen LogP contribution < -0.4 is 0 Å². The van der Waals surface area contributed by atoms with Crippen molar-refractivity contribution in [2.75, 3.05) is 0 Å². The third-order valence-corrected chi connectivity index (χ3v) is 2.51. The van der Waals surface area contributed by atoms with Gasteiger partial charge in [-0.05, 0) is 39.5 Å². The van der Waals surface area contributed by atoms with E-state index in [0.717, 1.165) is 31.3 Å². The predicted octanol–water partition coefficient (Wildman–Crippen LogP) is 2.43. The van der Waals surface area contributed by atoms with E-state index in [1.807, 2.05) is 0 Å². The third-order valence-electron chi connectivity index (χ3n) is 2.51. The molecule has 0 aromatic rings. The topological polar surface area (TPSA) is 34.1 Å². The molecule has 2 heteroatoms. The molecule has 1 fully saturated rings. The minimum atomic E-state index is -0.0654. The van der Waals surface area contributed by atoms with Gasteiger partial charge >= 0.3 is 0 Å². The number of allylic oxidation sites excluding steroid dienone is 2. The van der Waals surface area contributed by atoms with Gasteiger partial charge in [0.15, 0.2) is 11.6 Å². The molecule has 0 N–H and O–H groups in total. The first-order valence-corrected chi connectivity index (χ1v) is 4.87. The fourth-order valence-electron chi connectivity index (χ4n) is 1.97. The van der Waals surface area contributed by atoms with Crippen LogP contribution in [-0.2, 0) is 9.59 Å². The summed E-state index contributed by atoms with van der Waals surface area (Å²) in [5.41, 5.74) is 1.56. The number of hydrogen-bond acceptors (Lipinski definition) is 2. The average molecular weight is 180 g/mol. The molecule has 0 aliphatic heterocycles. The highest BCUT2D eigenvalue weighted by atomic mass is 16.1. The van der Waals surface area contributed by atoms with Crippen molar-refractivity contribution in [3.63, 3.8) is 0 Å². The number of carbonyl (C=O) groups is 2. The predicted molar refractivity (Wildman–Crippen MR) is 51.5 cm³/mol. The van der Waals surface area contributed by atoms with Crippen LogP contribution in [0.1, 0.15) is 46.0 Å². The van der Waals surface area contributed by atoms with Gasteiger partial charge in [-0.15, -0.1) is 0 Å². The van der Waals surface area contributed by atoms with E-state index in [1.165, 1.54) is 20.3 Å². The average Bonchev–Trinajstić information content (AvgIpc) is 2.04. The lowest BCUT2D eigenvalue weighted by molar-refractivity contribution is -0.119. The molecular weight excluding hydrogens is 164 g/mol. The van der Waals surface area contributed by atoms with E-state index in [4.69, 9.17) is 0 Å². The molecule has 0 radical (unpaired) electrons. The molecule has 0 saturated heterocycles. The summed E-state index contributed by atoms with van der Waals surface area (Å²) in [6.45, 7) is 2.97. The van der Waals surface area contributed by atoms with Crippen LogP contribution in [0, 0.1) is 0 Å². The smallest absolute Gasteiger partial charge is 0.163 e. The van der Waals surface area contributed by atoms with Gasteiger partial charge in [0, 0.05) is 0 Å². The van der Waals surface area contributed by atoms with Gasteiger partial charge in [0.05, 0.1) is 5.57 Å². The molecule has 1 saturated carbocycles. The quantitative estimate of drug-likeness (QED) is 0.371. The summed E-state index contributed by atoms with van der Waals surface area (Å²) in [7, 11) is 0. The third kappa shape index (κ3) is 2.51. The summed E-state index contributed by atoms with van der Waals surface area (Å²) in [6, 6.07) is 0. The Kier molecular flexibility index (Phi) is 3.40. The molecule has 0 aromatic heterocycles. The first-order chi connectivity index (χ1) is 6.13. The molecule has 2 nitrogen and oxygen atoms in total. The molecule has 1 aliphatic rings. The van der Waals surface area contributed by atoms with Crippen molar-refractivity contribution in [2.24, 2.45) is 0 Å². The molecular formula is C11H16O2. The Labute approximate surface area is 79.0 Å². The van der Waals surface area contributed by atoms with E-state index >= 15 is 0 Å². The fourth-order valence-corrected chi connectivity index (χ4v) is 1.97. The lowest BCUT2D eigenvalue weighted by Gasteiger charge is -2.16. The second kappa shape index (κ2) is 4.35. The van der Waals surface area contributed by atoms with E-state index in [2.05, 4.69) is 0 Å². The molecule has 0 unspecified atom stereocenters. The van der Waals surface area contributed by atoms with E-state index in [0.29, 0.717) is 5.57 Å². The van der Waals surface area contributed by atoms with Gasteiger partial charge in [0.1, 0.15) is 0 Å². The zero-order valence-electron chi connectivity index (χ0n) is 8.35. The number of Topliss-reactive ketones (excluding diaryl/α,β-unsaturated/α-hetero) is 2. The van der Waals surface area contributed by atoms with Crippen LogP contribution in [0.2, 0.25) is 0 Å². The molecule has 0 bridgehead atoms. The van der Waals surface area contributed by atoms with E-state index in [1.54, 1.807) is 0 Å². The van der Waals surface area contributed by atoms with Crippen molar-refractivity contribution in [3.05, 3.63) is 11.1 Å². The normalized spacial score (nSPS) is 16.9. The zero-order chi connectivity index (χ0) is 9.84. The highest BCUT2D eigenvalue weighted by Crippen LogP contribution is 2.26. The van der Waals surface area contributed by atoms with E-state index in [9.17, 15) is 9.59 Å². The van der Waals surface area contributed by atoms with Gasteiger partial charge in [-0.2, -0.15) is 0 Å². The Bertz CT molecular complexity index is 237. The minimum absolute atomic E-state index is 0.0654. The largest absolute Gasteiger partial charge is 0.294 e. The van der Waals surface area contributed by atoms with Crippen LogP contribution in [0.4, 0.5) is 0 Å². The maximum absolute atomic E-state index is 11.2. The highest BCUT2D eigenvalue weighted by Gasteiger charge is 2.17. The Morgan fingerprint density at radius 2 is 1.38 bits per heavy atom. The van der Waals surface area contributed by atoms with Gasteiger partial charge in [0.2, 0.25) is 0 Å². The number of ketones is 2. The SMILES string of the molecule is CC(=O)C(C(C)=O)=C1CCCCC1. The molecule has 0 amide bonds. The lowest BCUT2D eigenvalue weighted by Crippen LogP contribution is -2.11. The van der Waals surface area contributed by atoms with Crippen LogP contribution in [0.15, 0.2) is 11.1 Å². The first kappa shape index (κ1) is 10.2. The highest BCUT2D eigenvalue weighted by molar-refractivity contribution is 6.19. The zero-order valence-corrected chi connectivity index (χ0v) is 8.35. The lowest BCUT2D eigenvalue weighted by atomic mass is 9.88. The van der Waals surface area contributed by atoms with Gasteiger partial charge < -0.3 is 0 Å². The molecule has 0 spiro atoms. The number of carbonyl (C=O) groups excluding carboxylic acids is 2. The summed E-state index contributed by atoms with van der Waals surface area (Å²) in [5, 5.41) is 0. The Morgan fingerprint density at radius 3 is 1.77 bits per heavy atom. The summed E-state index contributed by atoms with van der Waals surface area (Å²) < 4.78 is 0. The van der Waals surface area contributed by atoms with Crippen LogP contribution in [0.25, 0.3) is 0 Å². The van der Waals surface area contributed by atoms with Crippen LogP contribution in [0.3, 0.4) is 0 Å². The molecule has 1 rings (SSSR count). The van der Waals surface area contributed by atoms with Crippen molar-refractivity contribution in [2.45, 2.75) is 46.0 Å². The molecule has 0 atom stereocenters. The Hall–Kier alpha value is -0.920. The minimum Gasteiger partial charge on any atom is -0.294 e. The summed E-state index contributed by atoms with van der Waals surface area (Å²) >= 11 is 0. The first-order valence-electron chi connectivity index (χ1n) is 4.87. The number of rotatable bonds is 2. The summed E-state index contributed by atoms with van der Waals surface area (Å²) in [5.74, 6) is -0.131. The van der Waals surface area contributed by atoms with Crippen molar-refractivity contribution in [3.8, 4) is 0 Å². The van der Waals surface area contributed by atoms with Gasteiger partial charge in [-0.1, -0.05) is 12.0 Å². The monoisotopic (exact) mass is 180 g/mol. The van der Waals surface area contributed by atoms with Crippen molar-refractivity contribution < 1.29 is 9.59 Å². The Morgan fingerprint density at radius 1 is 0.923 bits per heavy atom. The van der Waals surface area contributed by atoms with Crippen LogP contribution >= 0.6 is 0 Å². The molecule has 13 heavy (non-hydrogen) atoms. The molecule has 1 aliphatic carbocycles. The van der Waals surface area contributed by atoms with Gasteiger partial charge in [0.25, 0.3) is 0 Å². The second-order valence-electron chi connectivity index (χ2n) is 3.65. The molecule has 0 aromatic carbocycles. The summed E-state index contributed by atoms with van der Waals surface area (Å²) in [6.07, 6.45) is 5.36. The number of hydrogen-bond donors (Lipinski definition) is 0. The Balaban J connectivity index is 2.93. The van der Waals surface area contributed by atoms with Crippen LogP contribution in [-0.4, -0.2) is 11.6 Å². The van der Waals surface area contributed by atoms with Crippen molar-refractivity contribution in [1.29, 1.82) is 0 Å². The summed E-state index contributed by atoms with van der Waals surface area (Å²) in [4.78, 5) is 22.4. The molecule has 0 heterocycles.